The molecule has 0 radical (unpaired) electrons. The van der Waals surface area contributed by atoms with Gasteiger partial charge in [-0.15, -0.1) is 0 Å². The van der Waals surface area contributed by atoms with Crippen molar-refractivity contribution >= 4 is 5.82 Å². The van der Waals surface area contributed by atoms with Crippen LogP contribution in [0.4, 0.5) is 5.82 Å². The number of hydrogen-bond donors (Lipinski definition) is 2. The summed E-state index contributed by atoms with van der Waals surface area (Å²) < 4.78 is 10.4. The minimum atomic E-state index is -1.10. The molecular formula is C12H23N3O3. The summed E-state index contributed by atoms with van der Waals surface area (Å²) in [6, 6.07) is 0. The summed E-state index contributed by atoms with van der Waals surface area (Å²) in [4.78, 5) is 7.76. The standard InChI is InChI=1S/C10H17N3O3.C2H6/c1-10(2,14)16-5-3-4-15-9-7-12-6-8(11)13-9;1-2/h6-7,14H,3-5H2,1-2H3,(H2,11,13);1-2H3. The summed E-state index contributed by atoms with van der Waals surface area (Å²) >= 11 is 0. The van der Waals surface area contributed by atoms with E-state index in [-0.39, 0.29) is 0 Å². The van der Waals surface area contributed by atoms with Crippen molar-refractivity contribution in [2.75, 3.05) is 18.9 Å². The van der Waals surface area contributed by atoms with E-state index in [4.69, 9.17) is 15.2 Å². The summed E-state index contributed by atoms with van der Waals surface area (Å²) in [5, 5.41) is 9.27. The molecule has 6 nitrogen and oxygen atoms in total. The smallest absolute Gasteiger partial charge is 0.234 e. The van der Waals surface area contributed by atoms with Gasteiger partial charge in [0.25, 0.3) is 0 Å². The maximum Gasteiger partial charge on any atom is 0.234 e. The molecule has 1 rings (SSSR count). The van der Waals surface area contributed by atoms with Crippen LogP contribution in [-0.2, 0) is 4.74 Å². The molecule has 1 aromatic rings. The Morgan fingerprint density at radius 1 is 1.28 bits per heavy atom. The quantitative estimate of drug-likeness (QED) is 0.594. The van der Waals surface area contributed by atoms with Crippen molar-refractivity contribution in [1.82, 2.24) is 9.97 Å². The van der Waals surface area contributed by atoms with Gasteiger partial charge >= 0.3 is 0 Å². The van der Waals surface area contributed by atoms with E-state index in [0.717, 1.165) is 0 Å². The summed E-state index contributed by atoms with van der Waals surface area (Å²) in [5.74, 6) is -0.384. The van der Waals surface area contributed by atoms with Crippen LogP contribution in [0.25, 0.3) is 0 Å². The number of rotatable bonds is 6. The van der Waals surface area contributed by atoms with Crippen LogP contribution < -0.4 is 10.5 Å². The highest BCUT2D eigenvalue weighted by atomic mass is 16.6. The second kappa shape index (κ2) is 8.66. The van der Waals surface area contributed by atoms with E-state index < -0.39 is 5.79 Å². The molecule has 0 unspecified atom stereocenters. The van der Waals surface area contributed by atoms with Crippen LogP contribution in [0, 0.1) is 0 Å². The van der Waals surface area contributed by atoms with E-state index in [0.29, 0.717) is 31.3 Å². The second-order valence-corrected chi connectivity index (χ2v) is 3.78. The van der Waals surface area contributed by atoms with E-state index in [1.807, 2.05) is 13.8 Å². The third-order valence-corrected chi connectivity index (χ3v) is 1.62. The topological polar surface area (TPSA) is 90.5 Å². The first-order valence-corrected chi connectivity index (χ1v) is 6.04. The minimum Gasteiger partial charge on any atom is -0.476 e. The molecule has 0 bridgehead atoms. The predicted molar refractivity (Wildman–Crippen MR) is 70.2 cm³/mol. The Kier molecular flexibility index (Phi) is 7.98. The number of aliphatic hydroxyl groups is 1. The van der Waals surface area contributed by atoms with Crippen molar-refractivity contribution < 1.29 is 14.6 Å². The Morgan fingerprint density at radius 2 is 1.94 bits per heavy atom. The monoisotopic (exact) mass is 257 g/mol. The molecule has 6 heteroatoms. The van der Waals surface area contributed by atoms with E-state index in [2.05, 4.69) is 9.97 Å². The van der Waals surface area contributed by atoms with E-state index in [1.54, 1.807) is 13.8 Å². The molecule has 0 fully saturated rings. The van der Waals surface area contributed by atoms with Crippen LogP contribution in [0.1, 0.15) is 34.1 Å². The van der Waals surface area contributed by atoms with Gasteiger partial charge in [-0.2, -0.15) is 4.98 Å². The summed E-state index contributed by atoms with van der Waals surface area (Å²) in [5.41, 5.74) is 5.43. The molecule has 0 aromatic carbocycles. The average molecular weight is 257 g/mol. The molecule has 0 saturated carbocycles. The number of ether oxygens (including phenoxy) is 2. The van der Waals surface area contributed by atoms with Crippen LogP contribution in [0.5, 0.6) is 5.88 Å². The minimum absolute atomic E-state index is 0.324. The van der Waals surface area contributed by atoms with Crippen LogP contribution in [0.2, 0.25) is 0 Å². The van der Waals surface area contributed by atoms with Crippen LogP contribution in [-0.4, -0.2) is 34.1 Å². The molecule has 3 N–H and O–H groups in total. The highest BCUT2D eigenvalue weighted by molar-refractivity contribution is 5.25. The Morgan fingerprint density at radius 3 is 2.50 bits per heavy atom. The number of nitrogen functional groups attached to an aromatic ring is 1. The molecule has 18 heavy (non-hydrogen) atoms. The highest BCUT2D eigenvalue weighted by Gasteiger charge is 2.11. The van der Waals surface area contributed by atoms with Gasteiger partial charge in [0.15, 0.2) is 5.79 Å². The molecule has 0 aliphatic carbocycles. The van der Waals surface area contributed by atoms with Crippen LogP contribution in [0.3, 0.4) is 0 Å². The van der Waals surface area contributed by atoms with Crippen molar-refractivity contribution in [3.05, 3.63) is 12.4 Å². The van der Waals surface area contributed by atoms with Crippen molar-refractivity contribution in [2.45, 2.75) is 39.9 Å². The SMILES string of the molecule is CC.CC(C)(O)OCCCOc1cncc(N)n1. The van der Waals surface area contributed by atoms with Gasteiger partial charge in [-0.05, 0) is 13.8 Å². The van der Waals surface area contributed by atoms with E-state index >= 15 is 0 Å². The van der Waals surface area contributed by atoms with Gasteiger partial charge in [-0.1, -0.05) is 13.8 Å². The zero-order valence-corrected chi connectivity index (χ0v) is 11.5. The van der Waals surface area contributed by atoms with Gasteiger partial charge in [0.05, 0.1) is 25.6 Å². The summed E-state index contributed by atoms with van der Waals surface area (Å²) in [6.07, 6.45) is 3.60. The molecule has 1 aromatic heterocycles. The Bertz CT molecular complexity index is 327. The van der Waals surface area contributed by atoms with Gasteiger partial charge < -0.3 is 20.3 Å². The van der Waals surface area contributed by atoms with Gasteiger partial charge in [0, 0.05) is 6.42 Å². The molecule has 0 amide bonds. The third kappa shape index (κ3) is 8.72. The average Bonchev–Trinajstić information content (AvgIpc) is 2.30. The lowest BCUT2D eigenvalue weighted by Crippen LogP contribution is -2.24. The molecule has 0 atom stereocenters. The van der Waals surface area contributed by atoms with Crippen molar-refractivity contribution in [1.29, 1.82) is 0 Å². The van der Waals surface area contributed by atoms with Gasteiger partial charge in [0.2, 0.25) is 5.88 Å². The highest BCUT2D eigenvalue weighted by Crippen LogP contribution is 2.07. The van der Waals surface area contributed by atoms with Gasteiger partial charge in [0.1, 0.15) is 5.82 Å². The van der Waals surface area contributed by atoms with Gasteiger partial charge in [-0.3, -0.25) is 4.98 Å². The zero-order valence-electron chi connectivity index (χ0n) is 11.5. The lowest BCUT2D eigenvalue weighted by Gasteiger charge is -2.17. The first kappa shape index (κ1) is 16.6. The second-order valence-electron chi connectivity index (χ2n) is 3.78. The Labute approximate surface area is 108 Å². The molecule has 0 spiro atoms. The lowest BCUT2D eigenvalue weighted by atomic mass is 10.4. The number of aromatic nitrogens is 2. The van der Waals surface area contributed by atoms with Crippen LogP contribution >= 0.6 is 0 Å². The third-order valence-electron chi connectivity index (χ3n) is 1.62. The molecule has 0 aliphatic rings. The van der Waals surface area contributed by atoms with E-state index in [1.165, 1.54) is 12.4 Å². The van der Waals surface area contributed by atoms with Crippen LogP contribution in [0.15, 0.2) is 12.4 Å². The van der Waals surface area contributed by atoms with Crippen molar-refractivity contribution in [3.63, 3.8) is 0 Å². The normalized spacial score (nSPS) is 10.5. The first-order valence-electron chi connectivity index (χ1n) is 6.04. The summed E-state index contributed by atoms with van der Waals surface area (Å²) in [7, 11) is 0. The van der Waals surface area contributed by atoms with E-state index in [9.17, 15) is 5.11 Å². The molecular weight excluding hydrogens is 234 g/mol. The predicted octanol–water partition coefficient (Wildman–Crippen LogP) is 1.60. The fourth-order valence-corrected chi connectivity index (χ4v) is 0.990. The number of anilines is 1. The zero-order chi connectivity index (χ0) is 14.0. The maximum absolute atomic E-state index is 9.27. The Balaban J connectivity index is 0.00000137. The maximum atomic E-state index is 9.27. The molecule has 0 aliphatic heterocycles. The fraction of sp³-hybridized carbons (Fsp3) is 0.667. The number of nitrogens with zero attached hydrogens (tertiary/aromatic N) is 2. The molecule has 1 heterocycles. The van der Waals surface area contributed by atoms with Crippen molar-refractivity contribution in [2.24, 2.45) is 0 Å². The molecule has 104 valence electrons. The number of nitrogens with two attached hydrogens (primary N) is 1. The Hall–Kier alpha value is -1.40. The first-order chi connectivity index (χ1) is 8.47. The fourth-order valence-electron chi connectivity index (χ4n) is 0.990. The largest absolute Gasteiger partial charge is 0.476 e. The van der Waals surface area contributed by atoms with Gasteiger partial charge in [-0.25, -0.2) is 0 Å². The van der Waals surface area contributed by atoms with Crippen molar-refractivity contribution in [3.8, 4) is 5.88 Å². The number of hydrogen-bond acceptors (Lipinski definition) is 6. The summed E-state index contributed by atoms with van der Waals surface area (Å²) in [6.45, 7) is 8.02. The molecule has 0 saturated heterocycles. The lowest BCUT2D eigenvalue weighted by molar-refractivity contribution is -0.176.